The summed E-state index contributed by atoms with van der Waals surface area (Å²) < 4.78 is 10.0. The van der Waals surface area contributed by atoms with Crippen molar-refractivity contribution in [2.24, 2.45) is 0 Å². The number of imide groups is 1. The molecule has 132 valence electrons. The summed E-state index contributed by atoms with van der Waals surface area (Å²) in [5.74, 6) is -1.54. The van der Waals surface area contributed by atoms with Crippen molar-refractivity contribution in [1.29, 1.82) is 0 Å². The normalized spacial score (nSPS) is 10.2. The maximum Gasteiger partial charge on any atom is 0.348 e. The number of nitrogens with one attached hydrogen (secondary N) is 1. The smallest absolute Gasteiger partial charge is 0.348 e. The van der Waals surface area contributed by atoms with Crippen molar-refractivity contribution in [3.05, 3.63) is 51.2 Å². The largest absolute Gasteiger partial charge is 0.496 e. The van der Waals surface area contributed by atoms with Crippen molar-refractivity contribution < 1.29 is 23.9 Å². The van der Waals surface area contributed by atoms with Crippen LogP contribution in [0.15, 0.2) is 30.3 Å². The Morgan fingerprint density at radius 2 is 1.92 bits per heavy atom. The zero-order valence-corrected chi connectivity index (χ0v) is 15.1. The van der Waals surface area contributed by atoms with Crippen LogP contribution < -0.4 is 10.1 Å². The molecule has 0 aliphatic carbocycles. The van der Waals surface area contributed by atoms with Crippen molar-refractivity contribution in [3.8, 4) is 5.75 Å². The first-order valence-corrected chi connectivity index (χ1v) is 8.51. The Hall–Kier alpha value is -2.67. The standard InChI is InChI=1S/C18H19NO5S/c1-4-12-9-15(25-11(12)2)18(22)24-10-16(20)19-17(21)13-7-5-6-8-14(13)23-3/h5-9H,4,10H2,1-3H3,(H,19,20,21). The topological polar surface area (TPSA) is 81.7 Å². The van der Waals surface area contributed by atoms with E-state index in [1.807, 2.05) is 13.8 Å². The Bertz CT molecular complexity index is 797. The Balaban J connectivity index is 1.91. The summed E-state index contributed by atoms with van der Waals surface area (Å²) in [5, 5.41) is 2.17. The first kappa shape index (κ1) is 18.7. The van der Waals surface area contributed by atoms with Gasteiger partial charge in [-0.1, -0.05) is 19.1 Å². The van der Waals surface area contributed by atoms with E-state index in [4.69, 9.17) is 9.47 Å². The molecule has 1 aromatic carbocycles. The van der Waals surface area contributed by atoms with Gasteiger partial charge in [0.1, 0.15) is 10.6 Å². The molecule has 0 saturated carbocycles. The molecule has 0 radical (unpaired) electrons. The van der Waals surface area contributed by atoms with E-state index >= 15 is 0 Å². The molecular weight excluding hydrogens is 342 g/mol. The minimum Gasteiger partial charge on any atom is -0.496 e. The van der Waals surface area contributed by atoms with Crippen molar-refractivity contribution in [2.45, 2.75) is 20.3 Å². The number of benzene rings is 1. The van der Waals surface area contributed by atoms with Crippen LogP contribution in [0.2, 0.25) is 0 Å². The Morgan fingerprint density at radius 3 is 2.56 bits per heavy atom. The lowest BCUT2D eigenvalue weighted by Gasteiger charge is -2.08. The molecule has 1 heterocycles. The van der Waals surface area contributed by atoms with Gasteiger partial charge in [-0.05, 0) is 37.1 Å². The molecule has 0 aliphatic heterocycles. The van der Waals surface area contributed by atoms with Crippen molar-refractivity contribution in [2.75, 3.05) is 13.7 Å². The van der Waals surface area contributed by atoms with E-state index in [0.29, 0.717) is 10.6 Å². The molecule has 0 bridgehead atoms. The van der Waals surface area contributed by atoms with Gasteiger partial charge in [-0.25, -0.2) is 4.79 Å². The molecular formula is C18H19NO5S. The molecule has 0 fully saturated rings. The summed E-state index contributed by atoms with van der Waals surface area (Å²) in [6.45, 7) is 3.40. The van der Waals surface area contributed by atoms with Crippen molar-refractivity contribution >= 4 is 29.1 Å². The van der Waals surface area contributed by atoms with Gasteiger partial charge in [-0.2, -0.15) is 0 Å². The zero-order chi connectivity index (χ0) is 18.4. The van der Waals surface area contributed by atoms with Gasteiger partial charge < -0.3 is 9.47 Å². The van der Waals surface area contributed by atoms with Crippen LogP contribution in [0.4, 0.5) is 0 Å². The summed E-state index contributed by atoms with van der Waals surface area (Å²) in [7, 11) is 1.43. The Morgan fingerprint density at radius 1 is 1.20 bits per heavy atom. The minimum absolute atomic E-state index is 0.228. The lowest BCUT2D eigenvalue weighted by molar-refractivity contribution is -0.123. The molecule has 2 amide bonds. The fraction of sp³-hybridized carbons (Fsp3) is 0.278. The van der Waals surface area contributed by atoms with Gasteiger partial charge in [-0.3, -0.25) is 14.9 Å². The molecule has 7 heteroatoms. The summed E-state index contributed by atoms with van der Waals surface area (Å²) in [4.78, 5) is 37.4. The Kier molecular flexibility index (Phi) is 6.30. The third-order valence-electron chi connectivity index (χ3n) is 3.54. The van der Waals surface area contributed by atoms with E-state index in [1.54, 1.807) is 24.3 Å². The number of esters is 1. The van der Waals surface area contributed by atoms with Crippen LogP contribution in [0.25, 0.3) is 0 Å². The number of para-hydroxylation sites is 1. The van der Waals surface area contributed by atoms with Crippen LogP contribution in [-0.4, -0.2) is 31.5 Å². The fourth-order valence-electron chi connectivity index (χ4n) is 2.24. The molecule has 0 spiro atoms. The summed E-state index contributed by atoms with van der Waals surface area (Å²) in [6, 6.07) is 8.29. The second-order valence-corrected chi connectivity index (χ2v) is 6.46. The number of hydrogen-bond acceptors (Lipinski definition) is 6. The van der Waals surface area contributed by atoms with Gasteiger partial charge in [0.05, 0.1) is 12.7 Å². The van der Waals surface area contributed by atoms with E-state index in [1.165, 1.54) is 24.5 Å². The number of thiophene rings is 1. The fourth-order valence-corrected chi connectivity index (χ4v) is 3.24. The van der Waals surface area contributed by atoms with E-state index in [2.05, 4.69) is 5.32 Å². The molecule has 0 unspecified atom stereocenters. The number of carbonyl (C=O) groups is 3. The predicted octanol–water partition coefficient (Wildman–Crippen LogP) is 2.74. The van der Waals surface area contributed by atoms with Gasteiger partial charge in [-0.15, -0.1) is 11.3 Å². The van der Waals surface area contributed by atoms with Crippen LogP contribution in [-0.2, 0) is 16.0 Å². The molecule has 25 heavy (non-hydrogen) atoms. The lowest BCUT2D eigenvalue weighted by Crippen LogP contribution is -2.34. The highest BCUT2D eigenvalue weighted by Gasteiger charge is 2.18. The number of methoxy groups -OCH3 is 1. The minimum atomic E-state index is -0.701. The monoisotopic (exact) mass is 361 g/mol. The van der Waals surface area contributed by atoms with Crippen molar-refractivity contribution in [3.63, 3.8) is 0 Å². The average Bonchev–Trinajstić information content (AvgIpc) is 3.00. The molecule has 0 atom stereocenters. The number of amides is 2. The highest BCUT2D eigenvalue weighted by molar-refractivity contribution is 7.14. The molecule has 2 aromatic rings. The quantitative estimate of drug-likeness (QED) is 0.800. The third kappa shape index (κ3) is 4.67. The number of rotatable bonds is 6. The Labute approximate surface area is 149 Å². The first-order chi connectivity index (χ1) is 12.0. The van der Waals surface area contributed by atoms with Crippen LogP contribution in [0.3, 0.4) is 0 Å². The molecule has 2 rings (SSSR count). The molecule has 0 aliphatic rings. The first-order valence-electron chi connectivity index (χ1n) is 7.69. The summed E-state index contributed by atoms with van der Waals surface area (Å²) in [6.07, 6.45) is 0.823. The van der Waals surface area contributed by atoms with Crippen LogP contribution in [0.5, 0.6) is 5.75 Å². The summed E-state index contributed by atoms with van der Waals surface area (Å²) >= 11 is 1.32. The van der Waals surface area contributed by atoms with Gasteiger partial charge in [0, 0.05) is 4.88 Å². The predicted molar refractivity (Wildman–Crippen MR) is 94.2 cm³/mol. The van der Waals surface area contributed by atoms with E-state index in [0.717, 1.165) is 16.9 Å². The van der Waals surface area contributed by atoms with Crippen LogP contribution in [0.1, 0.15) is 37.4 Å². The van der Waals surface area contributed by atoms with Gasteiger partial charge in [0.2, 0.25) is 0 Å². The maximum atomic E-state index is 12.1. The second-order valence-electron chi connectivity index (χ2n) is 5.20. The zero-order valence-electron chi connectivity index (χ0n) is 14.3. The molecule has 6 nitrogen and oxygen atoms in total. The maximum absolute atomic E-state index is 12.1. The van der Waals surface area contributed by atoms with Gasteiger partial charge in [0.25, 0.3) is 11.8 Å². The van der Waals surface area contributed by atoms with E-state index in [-0.39, 0.29) is 5.56 Å². The SMILES string of the molecule is CCc1cc(C(=O)OCC(=O)NC(=O)c2ccccc2OC)sc1C. The number of aryl methyl sites for hydroxylation is 2. The molecule has 0 saturated heterocycles. The van der Waals surface area contributed by atoms with Crippen LogP contribution in [0, 0.1) is 6.92 Å². The highest BCUT2D eigenvalue weighted by Crippen LogP contribution is 2.22. The van der Waals surface area contributed by atoms with E-state index < -0.39 is 24.4 Å². The van der Waals surface area contributed by atoms with Gasteiger partial charge in [0.15, 0.2) is 6.61 Å². The molecule has 1 aromatic heterocycles. The van der Waals surface area contributed by atoms with E-state index in [9.17, 15) is 14.4 Å². The number of hydrogen-bond donors (Lipinski definition) is 1. The van der Waals surface area contributed by atoms with Gasteiger partial charge >= 0.3 is 5.97 Å². The number of carbonyl (C=O) groups excluding carboxylic acids is 3. The second kappa shape index (κ2) is 8.43. The third-order valence-corrected chi connectivity index (χ3v) is 4.61. The average molecular weight is 361 g/mol. The number of ether oxygens (including phenoxy) is 2. The highest BCUT2D eigenvalue weighted by atomic mass is 32.1. The van der Waals surface area contributed by atoms with Crippen molar-refractivity contribution in [1.82, 2.24) is 5.32 Å². The lowest BCUT2D eigenvalue weighted by atomic mass is 10.2. The molecule has 1 N–H and O–H groups in total. The van der Waals surface area contributed by atoms with Crippen LogP contribution >= 0.6 is 11.3 Å². The summed E-state index contributed by atoms with van der Waals surface area (Å²) in [5.41, 5.74) is 1.30.